The molecule has 0 bridgehead atoms. The minimum Gasteiger partial charge on any atom is -0.299 e. The predicted molar refractivity (Wildman–Crippen MR) is 68.0 cm³/mol. The van der Waals surface area contributed by atoms with Crippen LogP contribution in [0.1, 0.15) is 45.4 Å². The molecule has 1 saturated heterocycles. The van der Waals surface area contributed by atoms with Gasteiger partial charge in [-0.25, -0.2) is 5.84 Å². The van der Waals surface area contributed by atoms with Gasteiger partial charge in [0.1, 0.15) is 0 Å². The van der Waals surface area contributed by atoms with Crippen molar-refractivity contribution in [2.24, 2.45) is 17.7 Å². The van der Waals surface area contributed by atoms with Gasteiger partial charge in [0.15, 0.2) is 0 Å². The molecule has 1 saturated carbocycles. The number of likely N-dealkylation sites (tertiary alicyclic amines) is 1. The van der Waals surface area contributed by atoms with Gasteiger partial charge in [-0.2, -0.15) is 0 Å². The third-order valence-corrected chi connectivity index (χ3v) is 4.46. The van der Waals surface area contributed by atoms with Crippen LogP contribution < -0.4 is 11.3 Å². The normalized spacial score (nSPS) is 28.5. The largest absolute Gasteiger partial charge is 0.299 e. The molecule has 3 N–H and O–H groups in total. The zero-order chi connectivity index (χ0) is 12.3. The summed E-state index contributed by atoms with van der Waals surface area (Å²) in [7, 11) is 0. The van der Waals surface area contributed by atoms with E-state index in [1.807, 2.05) is 6.92 Å². The van der Waals surface area contributed by atoms with Gasteiger partial charge < -0.3 is 0 Å². The van der Waals surface area contributed by atoms with Gasteiger partial charge in [-0.3, -0.25) is 15.1 Å². The molecule has 2 rings (SSSR count). The number of nitrogens with zero attached hydrogens (tertiary/aromatic N) is 1. The number of nitrogens with two attached hydrogens (primary N) is 1. The predicted octanol–water partition coefficient (Wildman–Crippen LogP) is 1.27. The molecule has 2 aliphatic rings. The molecule has 2 fully saturated rings. The summed E-state index contributed by atoms with van der Waals surface area (Å²) in [6.07, 6.45) is 8.18. The van der Waals surface area contributed by atoms with Gasteiger partial charge in [0.25, 0.3) is 0 Å². The minimum absolute atomic E-state index is 0.00185. The van der Waals surface area contributed by atoms with Crippen LogP contribution in [0.5, 0.6) is 0 Å². The molecule has 1 heterocycles. The number of nitrogens with one attached hydrogen (secondary N) is 1. The SMILES string of the molecule is CC(CN1CCCC1C1CCCC1)C(=O)NN. The Kier molecular flexibility index (Phi) is 4.40. The summed E-state index contributed by atoms with van der Waals surface area (Å²) in [6, 6.07) is 0.727. The first-order chi connectivity index (χ1) is 8.22. The van der Waals surface area contributed by atoms with Crippen LogP contribution in [-0.4, -0.2) is 29.9 Å². The maximum absolute atomic E-state index is 11.5. The summed E-state index contributed by atoms with van der Waals surface area (Å²) in [5, 5.41) is 0. The minimum atomic E-state index is -0.0397. The first kappa shape index (κ1) is 12.8. The Labute approximate surface area is 104 Å². The molecule has 4 heteroatoms. The van der Waals surface area contributed by atoms with Crippen molar-refractivity contribution in [3.8, 4) is 0 Å². The van der Waals surface area contributed by atoms with Crippen molar-refractivity contribution in [3.63, 3.8) is 0 Å². The van der Waals surface area contributed by atoms with E-state index >= 15 is 0 Å². The van der Waals surface area contributed by atoms with E-state index in [1.165, 1.54) is 38.5 Å². The molecule has 98 valence electrons. The number of hydrogen-bond donors (Lipinski definition) is 2. The zero-order valence-electron chi connectivity index (χ0n) is 10.8. The second-order valence-electron chi connectivity index (χ2n) is 5.66. The van der Waals surface area contributed by atoms with Crippen LogP contribution in [-0.2, 0) is 4.79 Å². The van der Waals surface area contributed by atoms with Crippen LogP contribution in [0.2, 0.25) is 0 Å². The van der Waals surface area contributed by atoms with Gasteiger partial charge in [0.2, 0.25) is 5.91 Å². The van der Waals surface area contributed by atoms with Gasteiger partial charge in [-0.15, -0.1) is 0 Å². The van der Waals surface area contributed by atoms with E-state index in [2.05, 4.69) is 10.3 Å². The van der Waals surface area contributed by atoms with Gasteiger partial charge in [-0.05, 0) is 38.1 Å². The molecule has 0 aromatic heterocycles. The molecule has 0 aromatic carbocycles. The number of carbonyl (C=O) groups is 1. The van der Waals surface area contributed by atoms with E-state index in [9.17, 15) is 4.79 Å². The van der Waals surface area contributed by atoms with Gasteiger partial charge in [0, 0.05) is 18.5 Å². The quantitative estimate of drug-likeness (QED) is 0.441. The average molecular weight is 239 g/mol. The number of hydrogen-bond acceptors (Lipinski definition) is 3. The van der Waals surface area contributed by atoms with Crippen molar-refractivity contribution in [3.05, 3.63) is 0 Å². The molecule has 0 spiro atoms. The maximum atomic E-state index is 11.5. The Morgan fingerprint density at radius 2 is 2.06 bits per heavy atom. The molecular formula is C13H25N3O. The lowest BCUT2D eigenvalue weighted by atomic mass is 9.95. The monoisotopic (exact) mass is 239 g/mol. The molecule has 1 aliphatic heterocycles. The van der Waals surface area contributed by atoms with Gasteiger partial charge in [0.05, 0.1) is 0 Å². The van der Waals surface area contributed by atoms with Crippen LogP contribution >= 0.6 is 0 Å². The van der Waals surface area contributed by atoms with E-state index in [0.717, 1.165) is 25.0 Å². The highest BCUT2D eigenvalue weighted by Crippen LogP contribution is 2.35. The Morgan fingerprint density at radius 1 is 1.35 bits per heavy atom. The van der Waals surface area contributed by atoms with Crippen molar-refractivity contribution in [2.45, 2.75) is 51.5 Å². The topological polar surface area (TPSA) is 58.4 Å². The van der Waals surface area contributed by atoms with E-state index in [-0.39, 0.29) is 11.8 Å². The van der Waals surface area contributed by atoms with E-state index in [0.29, 0.717) is 0 Å². The summed E-state index contributed by atoms with van der Waals surface area (Å²) in [5.41, 5.74) is 2.26. The number of carbonyl (C=O) groups excluding carboxylic acids is 1. The third kappa shape index (κ3) is 2.99. The van der Waals surface area contributed by atoms with Crippen LogP contribution in [0.25, 0.3) is 0 Å². The fraction of sp³-hybridized carbons (Fsp3) is 0.923. The Balaban J connectivity index is 1.88. The second-order valence-corrected chi connectivity index (χ2v) is 5.66. The fourth-order valence-electron chi connectivity index (χ4n) is 3.53. The van der Waals surface area contributed by atoms with Crippen LogP contribution in [0.3, 0.4) is 0 Å². The standard InChI is InChI=1S/C13H25N3O/c1-10(13(17)15-14)9-16-8-4-7-12(16)11-5-2-3-6-11/h10-12H,2-9,14H2,1H3,(H,15,17). The first-order valence-electron chi connectivity index (χ1n) is 6.97. The smallest absolute Gasteiger partial charge is 0.237 e. The molecule has 2 atom stereocenters. The summed E-state index contributed by atoms with van der Waals surface area (Å²) < 4.78 is 0. The highest BCUT2D eigenvalue weighted by molar-refractivity contribution is 5.77. The molecule has 1 aliphatic carbocycles. The lowest BCUT2D eigenvalue weighted by Crippen LogP contribution is -2.43. The van der Waals surface area contributed by atoms with Gasteiger partial charge in [-0.1, -0.05) is 19.8 Å². The molecule has 4 nitrogen and oxygen atoms in total. The number of hydrazine groups is 1. The fourth-order valence-corrected chi connectivity index (χ4v) is 3.53. The van der Waals surface area contributed by atoms with Crippen LogP contribution in [0.15, 0.2) is 0 Å². The van der Waals surface area contributed by atoms with Crippen LogP contribution in [0.4, 0.5) is 0 Å². The molecular weight excluding hydrogens is 214 g/mol. The van der Waals surface area contributed by atoms with E-state index < -0.39 is 0 Å². The first-order valence-corrected chi connectivity index (χ1v) is 6.97. The van der Waals surface area contributed by atoms with Crippen molar-refractivity contribution in [1.29, 1.82) is 0 Å². The Bertz CT molecular complexity index is 263. The maximum Gasteiger partial charge on any atom is 0.237 e. The summed E-state index contributed by atoms with van der Waals surface area (Å²) in [5.74, 6) is 6.03. The highest BCUT2D eigenvalue weighted by Gasteiger charge is 2.34. The average Bonchev–Trinajstić information content (AvgIpc) is 2.97. The van der Waals surface area contributed by atoms with E-state index in [1.54, 1.807) is 0 Å². The zero-order valence-corrected chi connectivity index (χ0v) is 10.8. The van der Waals surface area contributed by atoms with Crippen molar-refractivity contribution in [2.75, 3.05) is 13.1 Å². The summed E-state index contributed by atoms with van der Waals surface area (Å²) in [4.78, 5) is 14.0. The summed E-state index contributed by atoms with van der Waals surface area (Å²) >= 11 is 0. The highest BCUT2D eigenvalue weighted by atomic mass is 16.2. The molecule has 0 aromatic rings. The lowest BCUT2D eigenvalue weighted by molar-refractivity contribution is -0.125. The number of amides is 1. The van der Waals surface area contributed by atoms with Crippen LogP contribution in [0, 0.1) is 11.8 Å². The third-order valence-electron chi connectivity index (χ3n) is 4.46. The molecule has 17 heavy (non-hydrogen) atoms. The second kappa shape index (κ2) is 5.83. The number of rotatable bonds is 4. The molecule has 0 radical (unpaired) electrons. The summed E-state index contributed by atoms with van der Waals surface area (Å²) in [6.45, 7) is 3.99. The van der Waals surface area contributed by atoms with Crippen molar-refractivity contribution >= 4 is 5.91 Å². The lowest BCUT2D eigenvalue weighted by Gasteiger charge is -2.30. The van der Waals surface area contributed by atoms with Crippen molar-refractivity contribution in [1.82, 2.24) is 10.3 Å². The van der Waals surface area contributed by atoms with Gasteiger partial charge >= 0.3 is 0 Å². The Hall–Kier alpha value is -0.610. The van der Waals surface area contributed by atoms with E-state index in [4.69, 9.17) is 5.84 Å². The van der Waals surface area contributed by atoms with Crippen molar-refractivity contribution < 1.29 is 4.79 Å². The molecule has 2 unspecified atom stereocenters. The Morgan fingerprint density at radius 3 is 2.71 bits per heavy atom. The molecule has 1 amide bonds.